The van der Waals surface area contributed by atoms with Gasteiger partial charge in [-0.3, -0.25) is 4.79 Å². The number of amides is 2. The van der Waals surface area contributed by atoms with Gasteiger partial charge in [0.2, 0.25) is 5.91 Å². The molecule has 0 fully saturated rings. The van der Waals surface area contributed by atoms with Gasteiger partial charge in [-0.25, -0.2) is 4.79 Å². The van der Waals surface area contributed by atoms with Gasteiger partial charge in [-0.05, 0) is 27.7 Å². The number of alkyl carbamates (subject to hydrolysis) is 1. The Labute approximate surface area is 97.1 Å². The van der Waals surface area contributed by atoms with Crippen molar-refractivity contribution >= 4 is 12.0 Å². The van der Waals surface area contributed by atoms with Gasteiger partial charge in [-0.15, -0.1) is 0 Å². The molecule has 94 valence electrons. The van der Waals surface area contributed by atoms with Gasteiger partial charge in [-0.1, -0.05) is 0 Å². The lowest BCUT2D eigenvalue weighted by atomic mass is 10.1. The standard InChI is InChI=1S/C11H22N2O3/c1-6-16-10(15)12-7-8-13(9(2)14)11(3,4)5/h6-8H2,1-5H3,(H,12,15). The molecule has 0 saturated heterocycles. The molecule has 0 unspecified atom stereocenters. The average molecular weight is 230 g/mol. The Morgan fingerprint density at radius 3 is 2.25 bits per heavy atom. The lowest BCUT2D eigenvalue weighted by molar-refractivity contribution is -0.133. The third kappa shape index (κ3) is 5.58. The van der Waals surface area contributed by atoms with Gasteiger partial charge in [0.1, 0.15) is 0 Å². The number of hydrogen-bond acceptors (Lipinski definition) is 3. The molecule has 16 heavy (non-hydrogen) atoms. The van der Waals surface area contributed by atoms with Crippen LogP contribution in [-0.2, 0) is 9.53 Å². The highest BCUT2D eigenvalue weighted by Crippen LogP contribution is 2.12. The summed E-state index contributed by atoms with van der Waals surface area (Å²) in [5, 5.41) is 2.59. The van der Waals surface area contributed by atoms with E-state index in [1.165, 1.54) is 6.92 Å². The number of rotatable bonds is 4. The first-order valence-corrected chi connectivity index (χ1v) is 5.48. The Morgan fingerprint density at radius 1 is 1.31 bits per heavy atom. The normalized spacial score (nSPS) is 10.8. The first kappa shape index (κ1) is 14.7. The van der Waals surface area contributed by atoms with Crippen molar-refractivity contribution < 1.29 is 14.3 Å². The third-order valence-electron chi connectivity index (χ3n) is 2.07. The van der Waals surface area contributed by atoms with Gasteiger partial charge in [0.15, 0.2) is 0 Å². The molecular weight excluding hydrogens is 208 g/mol. The molecule has 0 aromatic carbocycles. The molecular formula is C11H22N2O3. The monoisotopic (exact) mass is 230 g/mol. The Balaban J connectivity index is 4.05. The zero-order chi connectivity index (χ0) is 12.8. The second-order valence-electron chi connectivity index (χ2n) is 4.49. The van der Waals surface area contributed by atoms with Gasteiger partial charge in [-0.2, -0.15) is 0 Å². The van der Waals surface area contributed by atoms with E-state index in [9.17, 15) is 9.59 Å². The Bertz CT molecular complexity index is 246. The molecule has 0 radical (unpaired) electrons. The third-order valence-corrected chi connectivity index (χ3v) is 2.07. The highest BCUT2D eigenvalue weighted by atomic mass is 16.5. The van der Waals surface area contributed by atoms with Crippen LogP contribution in [0.15, 0.2) is 0 Å². The molecule has 0 aromatic heterocycles. The number of nitrogens with one attached hydrogen (secondary N) is 1. The summed E-state index contributed by atoms with van der Waals surface area (Å²) in [5.74, 6) is -0.00170. The predicted octanol–water partition coefficient (Wildman–Crippen LogP) is 1.38. The molecule has 0 aliphatic rings. The van der Waals surface area contributed by atoms with Crippen LogP contribution in [-0.4, -0.2) is 42.1 Å². The smallest absolute Gasteiger partial charge is 0.407 e. The van der Waals surface area contributed by atoms with Crippen LogP contribution in [0.1, 0.15) is 34.6 Å². The van der Waals surface area contributed by atoms with Crippen LogP contribution < -0.4 is 5.32 Å². The van der Waals surface area contributed by atoms with E-state index in [1.54, 1.807) is 11.8 Å². The summed E-state index contributed by atoms with van der Waals surface area (Å²) in [5.41, 5.74) is -0.234. The van der Waals surface area contributed by atoms with Gasteiger partial charge >= 0.3 is 6.09 Å². The summed E-state index contributed by atoms with van der Waals surface area (Å²) >= 11 is 0. The predicted molar refractivity (Wildman–Crippen MR) is 62.2 cm³/mol. The molecule has 0 bridgehead atoms. The van der Waals surface area contributed by atoms with Crippen molar-refractivity contribution in [3.8, 4) is 0 Å². The van der Waals surface area contributed by atoms with Crippen molar-refractivity contribution in [2.75, 3.05) is 19.7 Å². The van der Waals surface area contributed by atoms with E-state index in [1.807, 2.05) is 20.8 Å². The fraction of sp³-hybridized carbons (Fsp3) is 0.818. The summed E-state index contributed by atoms with van der Waals surface area (Å²) < 4.78 is 4.72. The number of carbonyl (C=O) groups excluding carboxylic acids is 2. The second kappa shape index (κ2) is 6.35. The van der Waals surface area contributed by atoms with Gasteiger partial charge in [0, 0.05) is 25.6 Å². The van der Waals surface area contributed by atoms with E-state index < -0.39 is 6.09 Å². The Kier molecular flexibility index (Phi) is 5.85. The fourth-order valence-corrected chi connectivity index (χ4v) is 1.42. The maximum Gasteiger partial charge on any atom is 0.407 e. The van der Waals surface area contributed by atoms with Crippen LogP contribution in [0, 0.1) is 0 Å². The number of carbonyl (C=O) groups is 2. The topological polar surface area (TPSA) is 58.6 Å². The molecule has 1 N–H and O–H groups in total. The van der Waals surface area contributed by atoms with E-state index in [-0.39, 0.29) is 11.4 Å². The van der Waals surface area contributed by atoms with E-state index in [0.717, 1.165) is 0 Å². The quantitative estimate of drug-likeness (QED) is 0.793. The molecule has 0 aliphatic carbocycles. The summed E-state index contributed by atoms with van der Waals surface area (Å²) in [7, 11) is 0. The van der Waals surface area contributed by atoms with Crippen molar-refractivity contribution in [3.05, 3.63) is 0 Å². The Hall–Kier alpha value is -1.26. The maximum absolute atomic E-state index is 11.4. The van der Waals surface area contributed by atoms with Gasteiger partial charge in [0.25, 0.3) is 0 Å². The minimum Gasteiger partial charge on any atom is -0.450 e. The molecule has 2 amide bonds. The minimum absolute atomic E-state index is 0.00170. The van der Waals surface area contributed by atoms with Crippen LogP contribution >= 0.6 is 0 Å². The molecule has 0 atom stereocenters. The van der Waals surface area contributed by atoms with Crippen molar-refractivity contribution in [2.24, 2.45) is 0 Å². The number of hydrogen-bond donors (Lipinski definition) is 1. The summed E-state index contributed by atoms with van der Waals surface area (Å²) in [6.45, 7) is 10.4. The number of ether oxygens (including phenoxy) is 1. The molecule has 0 saturated carbocycles. The SMILES string of the molecule is CCOC(=O)NCCN(C(C)=O)C(C)(C)C. The van der Waals surface area contributed by atoms with Crippen molar-refractivity contribution in [3.63, 3.8) is 0 Å². The molecule has 5 heteroatoms. The molecule has 0 heterocycles. The molecule has 5 nitrogen and oxygen atoms in total. The first-order chi connectivity index (χ1) is 7.29. The van der Waals surface area contributed by atoms with Crippen molar-refractivity contribution in [2.45, 2.75) is 40.2 Å². The second-order valence-corrected chi connectivity index (χ2v) is 4.49. The molecule has 0 aliphatic heterocycles. The van der Waals surface area contributed by atoms with E-state index in [2.05, 4.69) is 5.32 Å². The van der Waals surface area contributed by atoms with Gasteiger partial charge in [0.05, 0.1) is 6.61 Å². The van der Waals surface area contributed by atoms with E-state index in [0.29, 0.717) is 19.7 Å². The largest absolute Gasteiger partial charge is 0.450 e. The zero-order valence-electron chi connectivity index (χ0n) is 10.8. The van der Waals surface area contributed by atoms with E-state index >= 15 is 0 Å². The summed E-state index contributed by atoms with van der Waals surface area (Å²) in [4.78, 5) is 24.1. The molecule has 0 rings (SSSR count). The molecule has 0 aromatic rings. The van der Waals surface area contributed by atoms with Gasteiger partial charge < -0.3 is 15.0 Å². The van der Waals surface area contributed by atoms with Crippen molar-refractivity contribution in [1.29, 1.82) is 0 Å². The lowest BCUT2D eigenvalue weighted by Gasteiger charge is -2.34. The van der Waals surface area contributed by atoms with Crippen molar-refractivity contribution in [1.82, 2.24) is 10.2 Å². The number of nitrogens with zero attached hydrogens (tertiary/aromatic N) is 1. The first-order valence-electron chi connectivity index (χ1n) is 5.48. The summed E-state index contributed by atoms with van der Waals surface area (Å²) in [6.07, 6.45) is -0.445. The summed E-state index contributed by atoms with van der Waals surface area (Å²) in [6, 6.07) is 0. The maximum atomic E-state index is 11.4. The lowest BCUT2D eigenvalue weighted by Crippen LogP contribution is -2.48. The molecule has 0 spiro atoms. The van der Waals surface area contributed by atoms with Crippen LogP contribution in [0.4, 0.5) is 4.79 Å². The van der Waals surface area contributed by atoms with Crippen LogP contribution in [0.25, 0.3) is 0 Å². The average Bonchev–Trinajstić information content (AvgIpc) is 2.10. The Morgan fingerprint density at radius 2 is 1.88 bits per heavy atom. The highest BCUT2D eigenvalue weighted by Gasteiger charge is 2.23. The van der Waals surface area contributed by atoms with Crippen LogP contribution in [0.2, 0.25) is 0 Å². The highest BCUT2D eigenvalue weighted by molar-refractivity contribution is 5.74. The van der Waals surface area contributed by atoms with Crippen LogP contribution in [0.3, 0.4) is 0 Å². The van der Waals surface area contributed by atoms with E-state index in [4.69, 9.17) is 4.74 Å². The van der Waals surface area contributed by atoms with Crippen LogP contribution in [0.5, 0.6) is 0 Å². The zero-order valence-corrected chi connectivity index (χ0v) is 10.8. The fourth-order valence-electron chi connectivity index (χ4n) is 1.42. The minimum atomic E-state index is -0.445.